The first-order valence-electron chi connectivity index (χ1n) is 9.85. The van der Waals surface area contributed by atoms with Gasteiger partial charge in [-0.1, -0.05) is 36.4 Å². The van der Waals surface area contributed by atoms with E-state index in [0.717, 1.165) is 36.0 Å². The second kappa shape index (κ2) is 9.70. The Labute approximate surface area is 182 Å². The number of benzene rings is 1. The van der Waals surface area contributed by atoms with Crippen molar-refractivity contribution in [2.75, 3.05) is 26.2 Å². The van der Waals surface area contributed by atoms with E-state index < -0.39 is 10.0 Å². The molecule has 2 aromatic heterocycles. The molecule has 30 heavy (non-hydrogen) atoms. The van der Waals surface area contributed by atoms with Crippen molar-refractivity contribution in [2.45, 2.75) is 22.2 Å². The van der Waals surface area contributed by atoms with Crippen LogP contribution in [0.4, 0.5) is 0 Å². The van der Waals surface area contributed by atoms with Crippen molar-refractivity contribution >= 4 is 21.8 Å². The van der Waals surface area contributed by atoms with Crippen molar-refractivity contribution in [3.8, 4) is 0 Å². The molecule has 156 valence electrons. The molecule has 0 N–H and O–H groups in total. The van der Waals surface area contributed by atoms with Crippen LogP contribution in [0.25, 0.3) is 0 Å². The highest BCUT2D eigenvalue weighted by Gasteiger charge is 2.28. The summed E-state index contributed by atoms with van der Waals surface area (Å²) in [6.07, 6.45) is 5.04. The van der Waals surface area contributed by atoms with Gasteiger partial charge in [-0.05, 0) is 29.3 Å². The molecule has 6 nitrogen and oxygen atoms in total. The first-order valence-corrected chi connectivity index (χ1v) is 12.3. The van der Waals surface area contributed by atoms with Crippen LogP contribution in [0.15, 0.2) is 83.1 Å². The summed E-state index contributed by atoms with van der Waals surface area (Å²) in [4.78, 5) is 11.0. The summed E-state index contributed by atoms with van der Waals surface area (Å²) in [6.45, 7) is 3.28. The quantitative estimate of drug-likeness (QED) is 0.526. The highest BCUT2D eigenvalue weighted by molar-refractivity contribution is 7.98. The van der Waals surface area contributed by atoms with E-state index in [1.54, 1.807) is 34.4 Å². The fourth-order valence-corrected chi connectivity index (χ4v) is 5.51. The van der Waals surface area contributed by atoms with Gasteiger partial charge in [-0.3, -0.25) is 9.88 Å². The van der Waals surface area contributed by atoms with Crippen molar-refractivity contribution in [3.63, 3.8) is 0 Å². The number of aromatic nitrogens is 2. The Morgan fingerprint density at radius 1 is 0.867 bits per heavy atom. The molecule has 1 saturated heterocycles. The summed E-state index contributed by atoms with van der Waals surface area (Å²) in [5.41, 5.74) is 2.35. The highest BCUT2D eigenvalue weighted by Crippen LogP contribution is 2.23. The Bertz CT molecular complexity index is 1040. The fourth-order valence-electron chi connectivity index (χ4n) is 3.36. The molecule has 1 aliphatic heterocycles. The molecule has 0 atom stereocenters. The van der Waals surface area contributed by atoms with Crippen molar-refractivity contribution in [2.24, 2.45) is 0 Å². The van der Waals surface area contributed by atoms with Crippen molar-refractivity contribution in [3.05, 3.63) is 84.3 Å². The van der Waals surface area contributed by atoms with E-state index in [9.17, 15) is 8.42 Å². The number of hydrogen-bond acceptors (Lipinski definition) is 6. The maximum Gasteiger partial charge on any atom is 0.244 e. The second-order valence-corrected chi connectivity index (χ2v) is 10.1. The molecule has 0 spiro atoms. The largest absolute Gasteiger partial charge is 0.296 e. The smallest absolute Gasteiger partial charge is 0.244 e. The molecule has 1 aromatic carbocycles. The van der Waals surface area contributed by atoms with Gasteiger partial charge in [0.2, 0.25) is 10.0 Å². The number of rotatable bonds is 7. The van der Waals surface area contributed by atoms with E-state index >= 15 is 0 Å². The summed E-state index contributed by atoms with van der Waals surface area (Å²) < 4.78 is 27.6. The maximum atomic E-state index is 13.0. The number of nitrogens with zero attached hydrogens (tertiary/aromatic N) is 4. The lowest BCUT2D eigenvalue weighted by Crippen LogP contribution is -2.48. The van der Waals surface area contributed by atoms with Crippen LogP contribution in [-0.4, -0.2) is 53.8 Å². The van der Waals surface area contributed by atoms with Gasteiger partial charge in [0, 0.05) is 57.1 Å². The zero-order chi connectivity index (χ0) is 20.8. The molecule has 1 aliphatic rings. The van der Waals surface area contributed by atoms with Crippen LogP contribution in [0.2, 0.25) is 0 Å². The monoisotopic (exact) mass is 440 g/mol. The molecule has 0 amide bonds. The topological polar surface area (TPSA) is 66.4 Å². The number of thioether (sulfide) groups is 1. The van der Waals surface area contributed by atoms with Crippen LogP contribution in [0.1, 0.15) is 11.1 Å². The predicted molar refractivity (Wildman–Crippen MR) is 119 cm³/mol. The second-order valence-electron chi connectivity index (χ2n) is 7.15. The molecule has 3 heterocycles. The third-order valence-corrected chi connectivity index (χ3v) is 7.93. The summed E-state index contributed by atoms with van der Waals surface area (Å²) in [6, 6.07) is 17.6. The minimum Gasteiger partial charge on any atom is -0.296 e. The van der Waals surface area contributed by atoms with E-state index in [1.807, 2.05) is 36.5 Å². The van der Waals surface area contributed by atoms with Gasteiger partial charge < -0.3 is 0 Å². The molecular weight excluding hydrogens is 416 g/mol. The van der Waals surface area contributed by atoms with Gasteiger partial charge in [0.15, 0.2) is 0 Å². The van der Waals surface area contributed by atoms with Gasteiger partial charge in [0.05, 0.1) is 5.03 Å². The SMILES string of the molecule is O=S(=O)(c1ccc(SCc2cccnc2)nc1)N1CCN(Cc2ccccc2)CC1. The van der Waals surface area contributed by atoms with E-state index in [-0.39, 0.29) is 4.90 Å². The van der Waals surface area contributed by atoms with E-state index in [1.165, 1.54) is 11.8 Å². The zero-order valence-electron chi connectivity index (χ0n) is 16.6. The predicted octanol–water partition coefficient (Wildman–Crippen LogP) is 3.28. The van der Waals surface area contributed by atoms with Crippen molar-refractivity contribution in [1.29, 1.82) is 0 Å². The Kier molecular flexibility index (Phi) is 6.79. The number of piperazine rings is 1. The lowest BCUT2D eigenvalue weighted by Gasteiger charge is -2.33. The van der Waals surface area contributed by atoms with Crippen LogP contribution in [0.3, 0.4) is 0 Å². The number of pyridine rings is 2. The minimum absolute atomic E-state index is 0.254. The van der Waals surface area contributed by atoms with Gasteiger partial charge in [-0.15, -0.1) is 11.8 Å². The third kappa shape index (κ3) is 5.26. The van der Waals surface area contributed by atoms with Gasteiger partial charge in [-0.25, -0.2) is 13.4 Å². The Hall–Kier alpha value is -2.26. The van der Waals surface area contributed by atoms with Crippen LogP contribution < -0.4 is 0 Å². The van der Waals surface area contributed by atoms with Gasteiger partial charge in [0.25, 0.3) is 0 Å². The van der Waals surface area contributed by atoms with E-state index in [4.69, 9.17) is 0 Å². The average molecular weight is 441 g/mol. The first kappa shape index (κ1) is 21.0. The molecule has 0 radical (unpaired) electrons. The molecule has 8 heteroatoms. The van der Waals surface area contributed by atoms with Crippen molar-refractivity contribution < 1.29 is 8.42 Å². The highest BCUT2D eigenvalue weighted by atomic mass is 32.2. The first-order chi connectivity index (χ1) is 14.6. The maximum absolute atomic E-state index is 13.0. The van der Waals surface area contributed by atoms with E-state index in [2.05, 4.69) is 27.0 Å². The van der Waals surface area contributed by atoms with Crippen LogP contribution in [-0.2, 0) is 22.3 Å². The van der Waals surface area contributed by atoms with Gasteiger partial charge in [0.1, 0.15) is 4.90 Å². The van der Waals surface area contributed by atoms with Gasteiger partial charge in [-0.2, -0.15) is 4.31 Å². The number of hydrogen-bond donors (Lipinski definition) is 0. The molecule has 0 saturated carbocycles. The third-order valence-electron chi connectivity index (χ3n) is 5.04. The van der Waals surface area contributed by atoms with Crippen molar-refractivity contribution in [1.82, 2.24) is 19.2 Å². The van der Waals surface area contributed by atoms with Crippen LogP contribution >= 0.6 is 11.8 Å². The fraction of sp³-hybridized carbons (Fsp3) is 0.273. The standard InChI is InChI=1S/C22H24N4O2S2/c27-30(28,26-13-11-25(12-14-26)17-19-5-2-1-3-6-19)21-8-9-22(24-16-21)29-18-20-7-4-10-23-15-20/h1-10,15-16H,11-14,17-18H2. The molecule has 0 unspecified atom stereocenters. The minimum atomic E-state index is -3.52. The summed E-state index contributed by atoms with van der Waals surface area (Å²) >= 11 is 1.56. The Morgan fingerprint density at radius 2 is 1.63 bits per heavy atom. The lowest BCUT2D eigenvalue weighted by molar-refractivity contribution is 0.181. The van der Waals surface area contributed by atoms with Crippen LogP contribution in [0, 0.1) is 0 Å². The molecular formula is C22H24N4O2S2. The van der Waals surface area contributed by atoms with Crippen LogP contribution in [0.5, 0.6) is 0 Å². The summed E-state index contributed by atoms with van der Waals surface area (Å²) in [5.74, 6) is 0.746. The summed E-state index contributed by atoms with van der Waals surface area (Å²) in [5, 5.41) is 0.797. The molecule has 1 fully saturated rings. The average Bonchev–Trinajstić information content (AvgIpc) is 2.80. The lowest BCUT2D eigenvalue weighted by atomic mass is 10.2. The molecule has 3 aromatic rings. The summed E-state index contributed by atoms with van der Waals surface area (Å²) in [7, 11) is -3.52. The van der Waals surface area contributed by atoms with Gasteiger partial charge >= 0.3 is 0 Å². The zero-order valence-corrected chi connectivity index (χ0v) is 18.2. The molecule has 4 rings (SSSR count). The van der Waals surface area contributed by atoms with E-state index in [0.29, 0.717) is 13.1 Å². The Balaban J connectivity index is 1.33. The normalized spacial score (nSPS) is 15.9. The Morgan fingerprint density at radius 3 is 2.30 bits per heavy atom. The molecule has 0 bridgehead atoms. The number of sulfonamides is 1. The molecule has 0 aliphatic carbocycles.